The van der Waals surface area contributed by atoms with Crippen molar-refractivity contribution in [2.24, 2.45) is 5.73 Å². The molecule has 0 aromatic heterocycles. The monoisotopic (exact) mass is 290 g/mol. The maximum Gasteiger partial charge on any atom is 0.254 e. The van der Waals surface area contributed by atoms with Gasteiger partial charge in [-0.15, -0.1) is 0 Å². The number of rotatable bonds is 4. The van der Waals surface area contributed by atoms with Crippen molar-refractivity contribution >= 4 is 46.3 Å². The first-order valence-electron chi connectivity index (χ1n) is 4.97. The Morgan fingerprint density at radius 2 is 1.88 bits per heavy atom. The van der Waals surface area contributed by atoms with Crippen LogP contribution >= 0.6 is 35.4 Å². The number of nitrogens with two attached hydrogens (primary N) is 1. The van der Waals surface area contributed by atoms with E-state index in [1.165, 1.54) is 4.90 Å². The zero-order valence-electron chi connectivity index (χ0n) is 9.24. The van der Waals surface area contributed by atoms with E-state index in [1.807, 2.05) is 6.92 Å². The molecule has 1 aromatic carbocycles. The third kappa shape index (κ3) is 4.15. The van der Waals surface area contributed by atoms with Crippen molar-refractivity contribution in [3.8, 4) is 0 Å². The van der Waals surface area contributed by atoms with E-state index < -0.39 is 0 Å². The summed E-state index contributed by atoms with van der Waals surface area (Å²) in [5.74, 6) is -0.190. The topological polar surface area (TPSA) is 46.3 Å². The van der Waals surface area contributed by atoms with Gasteiger partial charge >= 0.3 is 0 Å². The second-order valence-electron chi connectivity index (χ2n) is 3.44. The third-order valence-corrected chi connectivity index (χ3v) is 2.69. The summed E-state index contributed by atoms with van der Waals surface area (Å²) in [5.41, 5.74) is 5.86. The van der Waals surface area contributed by atoms with Crippen LogP contribution in [0.5, 0.6) is 0 Å². The van der Waals surface area contributed by atoms with Crippen LogP contribution in [0.3, 0.4) is 0 Å². The van der Waals surface area contributed by atoms with Crippen LogP contribution in [0.1, 0.15) is 17.3 Å². The minimum absolute atomic E-state index is 0.190. The van der Waals surface area contributed by atoms with Crippen molar-refractivity contribution in [3.05, 3.63) is 33.8 Å². The van der Waals surface area contributed by atoms with Gasteiger partial charge < -0.3 is 10.6 Å². The summed E-state index contributed by atoms with van der Waals surface area (Å²) in [6, 6.07) is 4.71. The lowest BCUT2D eigenvalue weighted by atomic mass is 10.2. The van der Waals surface area contributed by atoms with Gasteiger partial charge in [0.1, 0.15) is 0 Å². The van der Waals surface area contributed by atoms with E-state index in [4.69, 9.17) is 41.2 Å². The predicted molar refractivity (Wildman–Crippen MR) is 74.8 cm³/mol. The molecule has 0 spiro atoms. The zero-order chi connectivity index (χ0) is 13.0. The van der Waals surface area contributed by atoms with E-state index in [0.29, 0.717) is 22.2 Å². The van der Waals surface area contributed by atoms with Gasteiger partial charge in [-0.1, -0.05) is 35.4 Å². The van der Waals surface area contributed by atoms with E-state index in [2.05, 4.69) is 0 Å². The minimum Gasteiger partial charge on any atom is -0.392 e. The fourth-order valence-corrected chi connectivity index (χ4v) is 2.06. The molecule has 0 saturated carbocycles. The highest BCUT2D eigenvalue weighted by Crippen LogP contribution is 2.20. The molecule has 1 rings (SSSR count). The number of nitrogens with zero attached hydrogens (tertiary/aromatic N) is 1. The number of carbonyl (C=O) groups excluding carboxylic acids is 1. The smallest absolute Gasteiger partial charge is 0.254 e. The molecule has 0 aliphatic rings. The van der Waals surface area contributed by atoms with Crippen molar-refractivity contribution < 1.29 is 4.79 Å². The number of amides is 1. The molecule has 0 atom stereocenters. The average molecular weight is 291 g/mol. The molecule has 0 bridgehead atoms. The van der Waals surface area contributed by atoms with Crippen LogP contribution in [0.4, 0.5) is 0 Å². The largest absolute Gasteiger partial charge is 0.392 e. The van der Waals surface area contributed by atoms with Crippen LogP contribution in [0.2, 0.25) is 10.0 Å². The van der Waals surface area contributed by atoms with Crippen LogP contribution in [0.15, 0.2) is 18.2 Å². The van der Waals surface area contributed by atoms with Gasteiger partial charge in [0.2, 0.25) is 0 Å². The summed E-state index contributed by atoms with van der Waals surface area (Å²) >= 11 is 16.5. The SMILES string of the molecule is CCN(CC(N)=S)C(=O)c1cc(Cl)cc(Cl)c1. The molecule has 2 N–H and O–H groups in total. The summed E-state index contributed by atoms with van der Waals surface area (Å²) in [4.78, 5) is 13.9. The first-order valence-corrected chi connectivity index (χ1v) is 6.14. The van der Waals surface area contributed by atoms with Gasteiger partial charge in [-0.3, -0.25) is 4.79 Å². The zero-order valence-corrected chi connectivity index (χ0v) is 11.6. The van der Waals surface area contributed by atoms with Crippen molar-refractivity contribution in [2.75, 3.05) is 13.1 Å². The Labute approximate surface area is 115 Å². The number of carbonyl (C=O) groups is 1. The molecule has 0 heterocycles. The van der Waals surface area contributed by atoms with Crippen molar-refractivity contribution in [1.29, 1.82) is 0 Å². The number of hydrogen-bond acceptors (Lipinski definition) is 2. The maximum absolute atomic E-state index is 12.1. The molecule has 0 saturated heterocycles. The molecule has 92 valence electrons. The quantitative estimate of drug-likeness (QED) is 0.868. The Morgan fingerprint density at radius 3 is 2.29 bits per heavy atom. The van der Waals surface area contributed by atoms with Crippen molar-refractivity contribution in [1.82, 2.24) is 4.90 Å². The number of hydrogen-bond donors (Lipinski definition) is 1. The van der Waals surface area contributed by atoms with Gasteiger partial charge in [0.15, 0.2) is 0 Å². The molecule has 0 aliphatic carbocycles. The van der Waals surface area contributed by atoms with Gasteiger partial charge in [-0.05, 0) is 25.1 Å². The fourth-order valence-electron chi connectivity index (χ4n) is 1.38. The lowest BCUT2D eigenvalue weighted by Crippen LogP contribution is -2.37. The highest BCUT2D eigenvalue weighted by molar-refractivity contribution is 7.80. The molecular weight excluding hydrogens is 279 g/mol. The van der Waals surface area contributed by atoms with E-state index in [-0.39, 0.29) is 17.4 Å². The summed E-state index contributed by atoms with van der Waals surface area (Å²) in [6.45, 7) is 2.61. The molecule has 0 radical (unpaired) electrons. The van der Waals surface area contributed by atoms with E-state index in [1.54, 1.807) is 18.2 Å². The molecule has 1 aromatic rings. The van der Waals surface area contributed by atoms with Gasteiger partial charge in [0.25, 0.3) is 5.91 Å². The standard InChI is InChI=1S/C11H12Cl2N2OS/c1-2-15(6-10(14)17)11(16)7-3-8(12)5-9(13)4-7/h3-5H,2,6H2,1H3,(H2,14,17). The van der Waals surface area contributed by atoms with Gasteiger partial charge in [0.05, 0.1) is 11.5 Å². The van der Waals surface area contributed by atoms with Crippen LogP contribution < -0.4 is 5.73 Å². The normalized spacial score (nSPS) is 10.1. The van der Waals surface area contributed by atoms with Crippen LogP contribution in [-0.4, -0.2) is 28.9 Å². The fraction of sp³-hybridized carbons (Fsp3) is 0.273. The number of thiocarbonyl (C=S) groups is 1. The van der Waals surface area contributed by atoms with E-state index in [9.17, 15) is 4.79 Å². The van der Waals surface area contributed by atoms with Crippen LogP contribution in [0.25, 0.3) is 0 Å². The molecular formula is C11H12Cl2N2OS. The Kier molecular flexibility index (Phi) is 5.18. The first-order chi connectivity index (χ1) is 7.93. The third-order valence-electron chi connectivity index (χ3n) is 2.13. The summed E-state index contributed by atoms with van der Waals surface area (Å²) in [6.07, 6.45) is 0. The Bertz CT molecular complexity index is 431. The molecule has 0 unspecified atom stereocenters. The molecule has 6 heteroatoms. The number of likely N-dealkylation sites (N-methyl/N-ethyl adjacent to an activating group) is 1. The Morgan fingerprint density at radius 1 is 1.35 bits per heavy atom. The van der Waals surface area contributed by atoms with Gasteiger partial charge in [-0.25, -0.2) is 0 Å². The van der Waals surface area contributed by atoms with Gasteiger partial charge in [-0.2, -0.15) is 0 Å². The second kappa shape index (κ2) is 6.19. The summed E-state index contributed by atoms with van der Waals surface area (Å²) in [5, 5.41) is 0.847. The van der Waals surface area contributed by atoms with Crippen LogP contribution in [0, 0.1) is 0 Å². The molecule has 0 aliphatic heterocycles. The molecule has 0 fully saturated rings. The molecule has 1 amide bonds. The molecule has 3 nitrogen and oxygen atoms in total. The summed E-state index contributed by atoms with van der Waals surface area (Å²) < 4.78 is 0. The summed E-state index contributed by atoms with van der Waals surface area (Å²) in [7, 11) is 0. The van der Waals surface area contributed by atoms with Crippen LogP contribution in [-0.2, 0) is 0 Å². The van der Waals surface area contributed by atoms with E-state index >= 15 is 0 Å². The lowest BCUT2D eigenvalue weighted by molar-refractivity contribution is 0.0788. The highest BCUT2D eigenvalue weighted by atomic mass is 35.5. The Hall–Kier alpha value is -0.840. The van der Waals surface area contributed by atoms with Crippen molar-refractivity contribution in [2.45, 2.75) is 6.92 Å². The van der Waals surface area contributed by atoms with E-state index in [0.717, 1.165) is 0 Å². The minimum atomic E-state index is -0.190. The maximum atomic E-state index is 12.1. The van der Waals surface area contributed by atoms with Crippen molar-refractivity contribution in [3.63, 3.8) is 0 Å². The highest BCUT2D eigenvalue weighted by Gasteiger charge is 2.15. The predicted octanol–water partition coefficient (Wildman–Crippen LogP) is 2.74. The number of halogens is 2. The Balaban J connectivity index is 2.97. The first kappa shape index (κ1) is 14.2. The second-order valence-corrected chi connectivity index (χ2v) is 4.84. The average Bonchev–Trinajstić information content (AvgIpc) is 2.23. The van der Waals surface area contributed by atoms with Gasteiger partial charge in [0, 0.05) is 22.2 Å². The lowest BCUT2D eigenvalue weighted by Gasteiger charge is -2.20. The number of benzene rings is 1. The molecule has 17 heavy (non-hydrogen) atoms.